The first-order chi connectivity index (χ1) is 22.7. The summed E-state index contributed by atoms with van der Waals surface area (Å²) in [5, 5.41) is 12.9. The van der Waals surface area contributed by atoms with Crippen LogP contribution < -0.4 is 18.9 Å². The monoisotopic (exact) mass is 653 g/mol. The number of nitrogens with zero attached hydrogens (tertiary/aromatic N) is 2. The molecule has 3 aromatic rings. The number of hydrogen-bond acceptors (Lipinski definition) is 12. The number of nitrogens with one attached hydrogen (secondary N) is 1. The molecule has 0 radical (unpaired) electrons. The largest absolute Gasteiger partial charge is 0.493 e. The Morgan fingerprint density at radius 2 is 1.66 bits per heavy atom. The minimum absolute atomic E-state index is 0.0140. The molecule has 252 valence electrons. The smallest absolute Gasteiger partial charge is 0.338 e. The number of nitro benzene ring substituents is 1. The van der Waals surface area contributed by atoms with Gasteiger partial charge in [0.15, 0.2) is 17.2 Å². The number of piperidine rings is 1. The van der Waals surface area contributed by atoms with E-state index in [1.165, 1.54) is 54.8 Å². The predicted octanol–water partition coefficient (Wildman–Crippen LogP) is 4.08. The van der Waals surface area contributed by atoms with Gasteiger partial charge >= 0.3 is 17.6 Å². The van der Waals surface area contributed by atoms with Gasteiger partial charge in [-0.25, -0.2) is 4.79 Å². The molecule has 14 nitrogen and oxygen atoms in total. The van der Waals surface area contributed by atoms with Crippen LogP contribution in [0.4, 0.5) is 5.69 Å². The molecule has 47 heavy (non-hydrogen) atoms. The highest BCUT2D eigenvalue weighted by Crippen LogP contribution is 2.51. The van der Waals surface area contributed by atoms with Crippen molar-refractivity contribution in [1.29, 1.82) is 0 Å². The molecule has 0 amide bonds. The molecule has 1 saturated carbocycles. The van der Waals surface area contributed by atoms with Crippen molar-refractivity contribution >= 4 is 28.5 Å². The number of carbonyl (C=O) groups excluding carboxylic acids is 2. The number of fused-ring (bicyclic) bond motifs is 6. The van der Waals surface area contributed by atoms with Gasteiger partial charge in [-0.05, 0) is 60.9 Å². The number of methoxy groups -OCH3 is 6. The zero-order valence-corrected chi connectivity index (χ0v) is 27.2. The van der Waals surface area contributed by atoms with E-state index in [9.17, 15) is 19.7 Å². The maximum atomic E-state index is 13.6. The third kappa shape index (κ3) is 5.38. The standard InChI is InChI=1S/C33H39N3O11/c1-41-22-8-7-18-19-9-10-35-15-17-13-25(47-32(37)16-11-23(42-2)30(44-4)24(12-16)43-3)31(45-5)26(33(38)46-6)20(17)14-21(35)27(19)34-28(18)29(22)36(39)40/h7-8,11-12,17,20-21,25-26,31,34H,9-10,13-15H2,1-6H3. The van der Waals surface area contributed by atoms with Gasteiger partial charge in [0.05, 0.1) is 58.0 Å². The summed E-state index contributed by atoms with van der Waals surface area (Å²) in [5.74, 6) is -0.804. The molecule has 6 rings (SSSR count). The van der Waals surface area contributed by atoms with Crippen LogP contribution in [0.5, 0.6) is 23.0 Å². The summed E-state index contributed by atoms with van der Waals surface area (Å²) in [5.41, 5.74) is 2.49. The fraction of sp³-hybridized carbons (Fsp3) is 0.515. The van der Waals surface area contributed by atoms with E-state index in [0.717, 1.165) is 23.2 Å². The molecule has 14 heteroatoms. The molecule has 1 N–H and O–H groups in total. The van der Waals surface area contributed by atoms with Crippen molar-refractivity contribution in [2.75, 3.05) is 55.7 Å². The van der Waals surface area contributed by atoms with Crippen LogP contribution in [0.15, 0.2) is 24.3 Å². The van der Waals surface area contributed by atoms with Crippen molar-refractivity contribution < 1.29 is 47.7 Å². The summed E-state index contributed by atoms with van der Waals surface area (Å²) in [6.07, 6.45) is 0.253. The Morgan fingerprint density at radius 1 is 0.957 bits per heavy atom. The molecule has 1 saturated heterocycles. The molecule has 3 aliphatic rings. The van der Waals surface area contributed by atoms with E-state index >= 15 is 0 Å². The Balaban J connectivity index is 1.32. The first-order valence-corrected chi connectivity index (χ1v) is 15.4. The summed E-state index contributed by atoms with van der Waals surface area (Å²) >= 11 is 0. The number of carbonyl (C=O) groups is 2. The van der Waals surface area contributed by atoms with E-state index in [1.807, 2.05) is 6.07 Å². The minimum Gasteiger partial charge on any atom is -0.493 e. The summed E-state index contributed by atoms with van der Waals surface area (Å²) in [4.78, 5) is 44.4. The lowest BCUT2D eigenvalue weighted by atomic mass is 9.63. The van der Waals surface area contributed by atoms with Gasteiger partial charge in [-0.2, -0.15) is 0 Å². The van der Waals surface area contributed by atoms with Gasteiger partial charge in [0.1, 0.15) is 17.7 Å². The van der Waals surface area contributed by atoms with Crippen LogP contribution in [0, 0.1) is 27.9 Å². The molecule has 6 atom stereocenters. The third-order valence-electron chi connectivity index (χ3n) is 10.1. The molecule has 2 aromatic carbocycles. The molecular formula is C33H39N3O11. The van der Waals surface area contributed by atoms with Gasteiger partial charge in [0, 0.05) is 31.3 Å². The summed E-state index contributed by atoms with van der Waals surface area (Å²) in [6, 6.07) is 6.43. The van der Waals surface area contributed by atoms with Crippen LogP contribution >= 0.6 is 0 Å². The van der Waals surface area contributed by atoms with Crippen LogP contribution in [0.1, 0.15) is 40.5 Å². The van der Waals surface area contributed by atoms with Crippen LogP contribution in [-0.2, 0) is 25.4 Å². The van der Waals surface area contributed by atoms with Gasteiger partial charge in [0.2, 0.25) is 5.75 Å². The zero-order valence-electron chi connectivity index (χ0n) is 27.2. The van der Waals surface area contributed by atoms with Gasteiger partial charge < -0.3 is 38.1 Å². The average Bonchev–Trinajstić information content (AvgIpc) is 3.47. The topological polar surface area (TPSA) is 161 Å². The summed E-state index contributed by atoms with van der Waals surface area (Å²) in [7, 11) is 8.65. The Kier molecular flexibility index (Phi) is 8.90. The van der Waals surface area contributed by atoms with E-state index < -0.39 is 35.0 Å². The lowest BCUT2D eigenvalue weighted by Gasteiger charge is -2.52. The summed E-state index contributed by atoms with van der Waals surface area (Å²) in [6.45, 7) is 1.37. The molecule has 2 aliphatic heterocycles. The number of esters is 2. The Hall–Kier alpha value is -4.56. The number of aromatic nitrogens is 1. The van der Waals surface area contributed by atoms with Gasteiger partial charge in [-0.1, -0.05) is 0 Å². The van der Waals surface area contributed by atoms with E-state index in [1.54, 1.807) is 6.07 Å². The number of nitro groups is 1. The molecule has 6 unspecified atom stereocenters. The Morgan fingerprint density at radius 3 is 2.26 bits per heavy atom. The van der Waals surface area contributed by atoms with Crippen LogP contribution in [0.3, 0.4) is 0 Å². The number of benzene rings is 2. The van der Waals surface area contributed by atoms with Gasteiger partial charge in [-0.15, -0.1) is 0 Å². The number of ether oxygens (including phenoxy) is 7. The maximum Gasteiger partial charge on any atom is 0.338 e. The fourth-order valence-electron chi connectivity index (χ4n) is 8.03. The lowest BCUT2D eigenvalue weighted by molar-refractivity contribution is -0.384. The maximum absolute atomic E-state index is 13.6. The normalized spacial score (nSPS) is 25.1. The molecule has 0 spiro atoms. The van der Waals surface area contributed by atoms with Crippen LogP contribution in [0.2, 0.25) is 0 Å². The Bertz CT molecular complexity index is 1680. The van der Waals surface area contributed by atoms with Crippen molar-refractivity contribution in [1.82, 2.24) is 9.88 Å². The average molecular weight is 654 g/mol. The van der Waals surface area contributed by atoms with Gasteiger partial charge in [-0.3, -0.25) is 19.8 Å². The van der Waals surface area contributed by atoms with E-state index in [2.05, 4.69) is 9.88 Å². The van der Waals surface area contributed by atoms with Crippen molar-refractivity contribution in [3.05, 3.63) is 51.2 Å². The number of hydrogen-bond donors (Lipinski definition) is 1. The summed E-state index contributed by atoms with van der Waals surface area (Å²) < 4.78 is 38.8. The quantitative estimate of drug-likeness (QED) is 0.201. The molecular weight excluding hydrogens is 614 g/mol. The molecule has 3 heterocycles. The first kappa shape index (κ1) is 32.4. The number of rotatable bonds is 9. The zero-order chi connectivity index (χ0) is 33.6. The molecule has 0 bridgehead atoms. The predicted molar refractivity (Wildman–Crippen MR) is 167 cm³/mol. The molecule has 2 fully saturated rings. The van der Waals surface area contributed by atoms with E-state index in [0.29, 0.717) is 48.6 Å². The fourth-order valence-corrected chi connectivity index (χ4v) is 8.03. The minimum atomic E-state index is -0.766. The van der Waals surface area contributed by atoms with Crippen molar-refractivity contribution in [3.63, 3.8) is 0 Å². The number of aromatic amines is 1. The second-order valence-corrected chi connectivity index (χ2v) is 12.1. The lowest BCUT2D eigenvalue weighted by Crippen LogP contribution is -2.58. The van der Waals surface area contributed by atoms with E-state index in [-0.39, 0.29) is 34.9 Å². The Labute approximate surface area is 271 Å². The third-order valence-corrected chi connectivity index (χ3v) is 10.1. The molecule has 1 aromatic heterocycles. The van der Waals surface area contributed by atoms with Gasteiger partial charge in [0.25, 0.3) is 0 Å². The highest BCUT2D eigenvalue weighted by molar-refractivity contribution is 5.94. The van der Waals surface area contributed by atoms with Crippen molar-refractivity contribution in [2.45, 2.75) is 37.5 Å². The van der Waals surface area contributed by atoms with Crippen LogP contribution in [-0.4, -0.2) is 94.7 Å². The van der Waals surface area contributed by atoms with Crippen molar-refractivity contribution in [3.8, 4) is 23.0 Å². The SMILES string of the molecule is COC(=O)C1C2CC3c4[nH]c5c([N+](=O)[O-])c(OC)ccc5c4CCN3CC2CC(OC(=O)c2cc(OC)c(OC)c(OC)c2)C1OC. The number of H-pyrrole nitrogens is 1. The van der Waals surface area contributed by atoms with E-state index in [4.69, 9.17) is 33.2 Å². The van der Waals surface area contributed by atoms with Crippen LogP contribution in [0.25, 0.3) is 10.9 Å². The molecule has 1 aliphatic carbocycles. The highest BCUT2D eigenvalue weighted by atomic mass is 16.6. The van der Waals surface area contributed by atoms with Crippen molar-refractivity contribution in [2.24, 2.45) is 17.8 Å². The highest BCUT2D eigenvalue weighted by Gasteiger charge is 2.54. The second-order valence-electron chi connectivity index (χ2n) is 12.1. The second kappa shape index (κ2) is 12.9. The first-order valence-electron chi connectivity index (χ1n) is 15.4.